The normalized spacial score (nSPS) is 16.7. The van der Waals surface area contributed by atoms with E-state index in [9.17, 15) is 4.79 Å². The second kappa shape index (κ2) is 5.86. The highest BCUT2D eigenvalue weighted by Gasteiger charge is 2.18. The number of hydrogen-bond donors (Lipinski definition) is 2. The van der Waals surface area contributed by atoms with Gasteiger partial charge < -0.3 is 10.6 Å². The number of rotatable bonds is 2. The van der Waals surface area contributed by atoms with Crippen molar-refractivity contribution in [3.05, 3.63) is 50.7 Å². The predicted molar refractivity (Wildman–Crippen MR) is 90.8 cm³/mol. The summed E-state index contributed by atoms with van der Waals surface area (Å²) in [6.45, 7) is 1.94. The summed E-state index contributed by atoms with van der Waals surface area (Å²) in [5.41, 5.74) is 4.98. The molecule has 2 N–H and O–H groups in total. The Balaban J connectivity index is 1.53. The number of carbonyl (C=O) groups is 1. The van der Waals surface area contributed by atoms with Crippen molar-refractivity contribution in [1.82, 2.24) is 5.32 Å². The maximum atomic E-state index is 12.5. The Morgan fingerprint density at radius 1 is 1.05 bits per heavy atom. The third-order valence-corrected chi connectivity index (χ3v) is 5.81. The number of benzene rings is 1. The molecule has 1 aromatic carbocycles. The fraction of sp³-hybridized carbons (Fsp3) is 0.389. The van der Waals surface area contributed by atoms with Gasteiger partial charge in [0.25, 0.3) is 5.91 Å². The summed E-state index contributed by atoms with van der Waals surface area (Å²) in [4.78, 5) is 14.7. The van der Waals surface area contributed by atoms with E-state index in [2.05, 4.69) is 28.8 Å². The van der Waals surface area contributed by atoms with E-state index in [0.717, 1.165) is 42.9 Å². The molecule has 1 aliphatic heterocycles. The molecule has 1 aromatic heterocycles. The first-order chi connectivity index (χ1) is 10.8. The minimum Gasteiger partial charge on any atom is -0.321 e. The first kappa shape index (κ1) is 14.0. The number of amides is 1. The zero-order valence-corrected chi connectivity index (χ0v) is 13.4. The van der Waals surface area contributed by atoms with Crippen LogP contribution in [0.5, 0.6) is 0 Å². The number of fused-ring (bicyclic) bond motifs is 2. The third-order valence-electron chi connectivity index (χ3n) is 4.57. The molecule has 1 aliphatic carbocycles. The van der Waals surface area contributed by atoms with Crippen LogP contribution in [0, 0.1) is 0 Å². The third kappa shape index (κ3) is 2.69. The van der Waals surface area contributed by atoms with Crippen LogP contribution in [0.4, 0.5) is 5.69 Å². The Morgan fingerprint density at radius 3 is 2.86 bits per heavy atom. The van der Waals surface area contributed by atoms with E-state index in [1.54, 1.807) is 11.3 Å². The fourth-order valence-electron chi connectivity index (χ4n) is 3.35. The largest absolute Gasteiger partial charge is 0.321 e. The van der Waals surface area contributed by atoms with Gasteiger partial charge in [0.1, 0.15) is 0 Å². The molecule has 0 saturated carbocycles. The molecule has 0 spiro atoms. The Hall–Kier alpha value is -1.65. The molecule has 2 aromatic rings. The van der Waals surface area contributed by atoms with Gasteiger partial charge in [-0.05, 0) is 73.5 Å². The van der Waals surface area contributed by atoms with Crippen molar-refractivity contribution in [2.45, 2.75) is 38.6 Å². The lowest BCUT2D eigenvalue weighted by atomic mass is 9.99. The molecule has 0 radical (unpaired) electrons. The molecule has 2 heterocycles. The minimum absolute atomic E-state index is 0.0307. The summed E-state index contributed by atoms with van der Waals surface area (Å²) >= 11 is 1.67. The number of aryl methyl sites for hydroxylation is 2. The van der Waals surface area contributed by atoms with Crippen LogP contribution in [0.25, 0.3) is 0 Å². The summed E-state index contributed by atoms with van der Waals surface area (Å²) in [5.74, 6) is 0.0307. The highest BCUT2D eigenvalue weighted by Crippen LogP contribution is 2.30. The smallest absolute Gasteiger partial charge is 0.265 e. The first-order valence-electron chi connectivity index (χ1n) is 8.05. The van der Waals surface area contributed by atoms with Crippen molar-refractivity contribution in [1.29, 1.82) is 0 Å². The molecule has 0 fully saturated rings. The van der Waals surface area contributed by atoms with Crippen molar-refractivity contribution in [2.24, 2.45) is 0 Å². The fourth-order valence-corrected chi connectivity index (χ4v) is 4.50. The molecule has 4 rings (SSSR count). The van der Waals surface area contributed by atoms with Gasteiger partial charge in [0, 0.05) is 17.1 Å². The van der Waals surface area contributed by atoms with Gasteiger partial charge in [0.15, 0.2) is 0 Å². The van der Waals surface area contributed by atoms with Gasteiger partial charge in [0.2, 0.25) is 0 Å². The average Bonchev–Trinajstić information content (AvgIpc) is 2.99. The Bertz CT molecular complexity index is 696. The zero-order valence-electron chi connectivity index (χ0n) is 12.6. The molecule has 114 valence electrons. The average molecular weight is 312 g/mol. The number of anilines is 1. The van der Waals surface area contributed by atoms with Gasteiger partial charge in [0.05, 0.1) is 4.88 Å². The highest BCUT2D eigenvalue weighted by atomic mass is 32.1. The van der Waals surface area contributed by atoms with Crippen LogP contribution in [0.15, 0.2) is 24.3 Å². The number of nitrogens with one attached hydrogen (secondary N) is 2. The highest BCUT2D eigenvalue weighted by molar-refractivity contribution is 7.14. The van der Waals surface area contributed by atoms with Crippen LogP contribution in [0.1, 0.15) is 44.1 Å². The lowest BCUT2D eigenvalue weighted by Gasteiger charge is -2.18. The van der Waals surface area contributed by atoms with E-state index in [1.165, 1.54) is 34.4 Å². The summed E-state index contributed by atoms with van der Waals surface area (Å²) in [5, 5.41) is 6.44. The lowest BCUT2D eigenvalue weighted by molar-refractivity contribution is 0.103. The van der Waals surface area contributed by atoms with Crippen molar-refractivity contribution >= 4 is 22.9 Å². The van der Waals surface area contributed by atoms with Crippen LogP contribution in [0.3, 0.4) is 0 Å². The topological polar surface area (TPSA) is 41.1 Å². The second-order valence-electron chi connectivity index (χ2n) is 6.13. The monoisotopic (exact) mass is 312 g/mol. The number of hydrogen-bond acceptors (Lipinski definition) is 3. The Labute approximate surface area is 134 Å². The molecule has 1 amide bonds. The summed E-state index contributed by atoms with van der Waals surface area (Å²) in [6.07, 6.45) is 5.84. The molecule has 2 aliphatic rings. The summed E-state index contributed by atoms with van der Waals surface area (Å²) in [6, 6.07) is 8.36. The SMILES string of the molecule is O=C(Nc1ccc2c(c1)CNCC2)c1cc2c(s1)CCCC2. The van der Waals surface area contributed by atoms with E-state index >= 15 is 0 Å². The zero-order chi connectivity index (χ0) is 14.9. The Kier molecular flexibility index (Phi) is 3.72. The minimum atomic E-state index is 0.0307. The van der Waals surface area contributed by atoms with Crippen molar-refractivity contribution in [2.75, 3.05) is 11.9 Å². The molecule has 0 saturated heterocycles. The van der Waals surface area contributed by atoms with E-state index in [4.69, 9.17) is 0 Å². The number of thiophene rings is 1. The first-order valence-corrected chi connectivity index (χ1v) is 8.87. The van der Waals surface area contributed by atoms with Gasteiger partial charge in [-0.15, -0.1) is 11.3 Å². The Morgan fingerprint density at radius 2 is 1.95 bits per heavy atom. The quantitative estimate of drug-likeness (QED) is 0.891. The van der Waals surface area contributed by atoms with Crippen LogP contribution < -0.4 is 10.6 Å². The van der Waals surface area contributed by atoms with E-state index in [-0.39, 0.29) is 5.91 Å². The van der Waals surface area contributed by atoms with Crippen molar-refractivity contribution in [3.8, 4) is 0 Å². The van der Waals surface area contributed by atoms with Gasteiger partial charge in [-0.3, -0.25) is 4.79 Å². The molecule has 4 heteroatoms. The predicted octanol–water partition coefficient (Wildman–Crippen LogP) is 3.52. The van der Waals surface area contributed by atoms with Crippen LogP contribution in [0.2, 0.25) is 0 Å². The van der Waals surface area contributed by atoms with Crippen molar-refractivity contribution < 1.29 is 4.79 Å². The van der Waals surface area contributed by atoms with Crippen molar-refractivity contribution in [3.63, 3.8) is 0 Å². The number of carbonyl (C=O) groups excluding carboxylic acids is 1. The molecular weight excluding hydrogens is 292 g/mol. The van der Waals surface area contributed by atoms with Gasteiger partial charge in [-0.1, -0.05) is 6.07 Å². The maximum absolute atomic E-state index is 12.5. The molecule has 0 bridgehead atoms. The van der Waals surface area contributed by atoms with Crippen LogP contribution in [-0.4, -0.2) is 12.5 Å². The molecular formula is C18H20N2OS. The van der Waals surface area contributed by atoms with Gasteiger partial charge >= 0.3 is 0 Å². The molecule has 3 nitrogen and oxygen atoms in total. The summed E-state index contributed by atoms with van der Waals surface area (Å²) < 4.78 is 0. The second-order valence-corrected chi connectivity index (χ2v) is 7.27. The molecule has 0 unspecified atom stereocenters. The lowest BCUT2D eigenvalue weighted by Crippen LogP contribution is -2.23. The molecule has 22 heavy (non-hydrogen) atoms. The van der Waals surface area contributed by atoms with E-state index in [1.807, 2.05) is 6.07 Å². The summed E-state index contributed by atoms with van der Waals surface area (Å²) in [7, 11) is 0. The standard InChI is InChI=1S/C18H20N2OS/c21-18(17-10-13-3-1-2-4-16(13)22-17)20-15-6-5-12-7-8-19-11-14(12)9-15/h5-6,9-10,19H,1-4,7-8,11H2,(H,20,21). The maximum Gasteiger partial charge on any atom is 0.265 e. The van der Waals surface area contributed by atoms with Gasteiger partial charge in [-0.25, -0.2) is 0 Å². The van der Waals surface area contributed by atoms with E-state index < -0.39 is 0 Å². The van der Waals surface area contributed by atoms with Gasteiger partial charge in [-0.2, -0.15) is 0 Å². The molecule has 0 atom stereocenters. The van der Waals surface area contributed by atoms with Crippen LogP contribution >= 0.6 is 11.3 Å². The van der Waals surface area contributed by atoms with E-state index in [0.29, 0.717) is 0 Å². The van der Waals surface area contributed by atoms with Crippen LogP contribution in [-0.2, 0) is 25.8 Å².